The molecule has 82 valence electrons. The lowest BCUT2D eigenvalue weighted by Crippen LogP contribution is -2.21. The molecule has 1 unspecified atom stereocenters. The average Bonchev–Trinajstić information content (AvgIpc) is 2.20. The summed E-state index contributed by atoms with van der Waals surface area (Å²) in [7, 11) is 1.99. The second-order valence-corrected chi connectivity index (χ2v) is 4.26. The van der Waals surface area contributed by atoms with E-state index in [1.165, 1.54) is 22.3 Å². The molecular weight excluding hydrogens is 182 g/mol. The Kier molecular flexibility index (Phi) is 4.10. The first-order valence-corrected chi connectivity index (χ1v) is 5.47. The zero-order valence-corrected chi connectivity index (χ0v) is 10.4. The molecule has 0 radical (unpaired) electrons. The van der Waals surface area contributed by atoms with Crippen LogP contribution < -0.4 is 5.32 Å². The van der Waals surface area contributed by atoms with E-state index >= 15 is 0 Å². The maximum atomic E-state index is 3.25. The van der Waals surface area contributed by atoms with Crippen LogP contribution in [0.15, 0.2) is 23.8 Å². The number of hydrogen-bond donors (Lipinski definition) is 1. The predicted octanol–water partition coefficient (Wildman–Crippen LogP) is 3.31. The number of likely N-dealkylation sites (N-methyl/N-ethyl adjacent to an activating group) is 1. The van der Waals surface area contributed by atoms with E-state index in [1.54, 1.807) is 0 Å². The number of nitrogens with one attached hydrogen (secondary N) is 1. The monoisotopic (exact) mass is 203 g/mol. The second kappa shape index (κ2) is 5.13. The summed E-state index contributed by atoms with van der Waals surface area (Å²) >= 11 is 0. The molecule has 1 aromatic rings. The van der Waals surface area contributed by atoms with Gasteiger partial charge in [0.15, 0.2) is 0 Å². The van der Waals surface area contributed by atoms with Crippen molar-refractivity contribution >= 4 is 6.08 Å². The van der Waals surface area contributed by atoms with Gasteiger partial charge in [0.2, 0.25) is 0 Å². The molecule has 1 atom stereocenters. The van der Waals surface area contributed by atoms with E-state index < -0.39 is 0 Å². The fourth-order valence-corrected chi connectivity index (χ4v) is 1.59. The van der Waals surface area contributed by atoms with Gasteiger partial charge in [0.25, 0.3) is 0 Å². The Balaban J connectivity index is 2.98. The Morgan fingerprint density at radius 3 is 2.53 bits per heavy atom. The molecule has 1 aromatic carbocycles. The normalized spacial score (nSPS) is 14.1. The highest BCUT2D eigenvalue weighted by Crippen LogP contribution is 2.15. The molecule has 0 aromatic heterocycles. The lowest BCUT2D eigenvalue weighted by Gasteiger charge is -2.11. The summed E-state index contributed by atoms with van der Waals surface area (Å²) in [6.45, 7) is 8.63. The third-order valence-electron chi connectivity index (χ3n) is 2.92. The highest BCUT2D eigenvalue weighted by Gasteiger charge is 2.01. The van der Waals surface area contributed by atoms with Gasteiger partial charge in [0.1, 0.15) is 0 Å². The van der Waals surface area contributed by atoms with Crippen molar-refractivity contribution in [2.24, 2.45) is 0 Å². The van der Waals surface area contributed by atoms with Crippen LogP contribution in [0, 0.1) is 13.8 Å². The lowest BCUT2D eigenvalue weighted by molar-refractivity contribution is 0.696. The Labute approximate surface area is 93.2 Å². The minimum absolute atomic E-state index is 0.436. The van der Waals surface area contributed by atoms with Crippen molar-refractivity contribution in [3.63, 3.8) is 0 Å². The highest BCUT2D eigenvalue weighted by atomic mass is 14.8. The zero-order chi connectivity index (χ0) is 11.4. The molecule has 0 amide bonds. The molecule has 1 N–H and O–H groups in total. The average molecular weight is 203 g/mol. The summed E-state index contributed by atoms with van der Waals surface area (Å²) in [5, 5.41) is 3.25. The van der Waals surface area contributed by atoms with Crippen LogP contribution in [0.5, 0.6) is 0 Å². The number of hydrogen-bond acceptors (Lipinski definition) is 1. The Morgan fingerprint density at radius 1 is 1.33 bits per heavy atom. The topological polar surface area (TPSA) is 12.0 Å². The van der Waals surface area contributed by atoms with Crippen molar-refractivity contribution in [2.45, 2.75) is 33.7 Å². The minimum atomic E-state index is 0.436. The summed E-state index contributed by atoms with van der Waals surface area (Å²) < 4.78 is 0. The van der Waals surface area contributed by atoms with Crippen LogP contribution in [0.3, 0.4) is 0 Å². The predicted molar refractivity (Wildman–Crippen MR) is 68.1 cm³/mol. The van der Waals surface area contributed by atoms with Gasteiger partial charge in [-0.2, -0.15) is 0 Å². The van der Waals surface area contributed by atoms with E-state index in [1.807, 2.05) is 7.05 Å². The van der Waals surface area contributed by atoms with Crippen LogP contribution in [0.2, 0.25) is 0 Å². The first-order valence-electron chi connectivity index (χ1n) is 5.47. The quantitative estimate of drug-likeness (QED) is 0.794. The fraction of sp³-hybridized carbons (Fsp3) is 0.429. The molecule has 0 bridgehead atoms. The van der Waals surface area contributed by atoms with Gasteiger partial charge in [-0.15, -0.1) is 0 Å². The fourth-order valence-electron chi connectivity index (χ4n) is 1.59. The van der Waals surface area contributed by atoms with E-state index in [2.05, 4.69) is 57.3 Å². The molecule has 0 heterocycles. The third-order valence-corrected chi connectivity index (χ3v) is 2.92. The van der Waals surface area contributed by atoms with Crippen LogP contribution in [-0.4, -0.2) is 13.1 Å². The number of aryl methyl sites for hydroxylation is 2. The first kappa shape index (κ1) is 12.0. The number of rotatable bonds is 3. The summed E-state index contributed by atoms with van der Waals surface area (Å²) in [5.41, 5.74) is 5.35. The molecular formula is C14H21N. The van der Waals surface area contributed by atoms with E-state index in [-0.39, 0.29) is 0 Å². The van der Waals surface area contributed by atoms with E-state index in [0.29, 0.717) is 6.04 Å². The van der Waals surface area contributed by atoms with E-state index in [4.69, 9.17) is 0 Å². The molecule has 0 aliphatic carbocycles. The molecule has 0 saturated heterocycles. The van der Waals surface area contributed by atoms with Gasteiger partial charge < -0.3 is 5.32 Å². The standard InChI is InChI=1S/C14H21N/c1-10-6-7-14(12(3)8-10)9-11(2)13(4)15-5/h6-9,13,15H,1-5H3/b11-9+. The Morgan fingerprint density at radius 2 is 2.00 bits per heavy atom. The van der Waals surface area contributed by atoms with Gasteiger partial charge in [0, 0.05) is 6.04 Å². The molecule has 0 saturated carbocycles. The minimum Gasteiger partial charge on any atom is -0.314 e. The summed E-state index contributed by atoms with van der Waals surface area (Å²) in [5.74, 6) is 0. The molecule has 1 rings (SSSR count). The molecule has 0 aliphatic heterocycles. The third kappa shape index (κ3) is 3.21. The number of benzene rings is 1. The van der Waals surface area contributed by atoms with Gasteiger partial charge in [-0.05, 0) is 45.9 Å². The van der Waals surface area contributed by atoms with Crippen molar-refractivity contribution in [2.75, 3.05) is 7.05 Å². The molecule has 15 heavy (non-hydrogen) atoms. The van der Waals surface area contributed by atoms with Crippen LogP contribution in [0.25, 0.3) is 6.08 Å². The van der Waals surface area contributed by atoms with Crippen LogP contribution in [-0.2, 0) is 0 Å². The largest absolute Gasteiger partial charge is 0.314 e. The van der Waals surface area contributed by atoms with Crippen molar-refractivity contribution in [3.05, 3.63) is 40.5 Å². The molecule has 1 heteroatoms. The van der Waals surface area contributed by atoms with E-state index in [0.717, 1.165) is 0 Å². The smallest absolute Gasteiger partial charge is 0.0248 e. The summed E-state index contributed by atoms with van der Waals surface area (Å²) in [4.78, 5) is 0. The zero-order valence-electron chi connectivity index (χ0n) is 10.4. The highest BCUT2D eigenvalue weighted by molar-refractivity contribution is 5.57. The van der Waals surface area contributed by atoms with Gasteiger partial charge in [-0.3, -0.25) is 0 Å². The Bertz CT molecular complexity index is 364. The molecule has 0 aliphatic rings. The van der Waals surface area contributed by atoms with Crippen LogP contribution >= 0.6 is 0 Å². The first-order chi connectivity index (χ1) is 7.04. The van der Waals surface area contributed by atoms with Crippen LogP contribution in [0.4, 0.5) is 0 Å². The summed E-state index contributed by atoms with van der Waals surface area (Å²) in [6.07, 6.45) is 2.26. The molecule has 0 fully saturated rings. The summed E-state index contributed by atoms with van der Waals surface area (Å²) in [6, 6.07) is 7.02. The molecule has 1 nitrogen and oxygen atoms in total. The van der Waals surface area contributed by atoms with Gasteiger partial charge >= 0.3 is 0 Å². The maximum Gasteiger partial charge on any atom is 0.0248 e. The van der Waals surface area contributed by atoms with Crippen LogP contribution in [0.1, 0.15) is 30.5 Å². The van der Waals surface area contributed by atoms with Gasteiger partial charge in [0.05, 0.1) is 0 Å². The van der Waals surface area contributed by atoms with Crippen molar-refractivity contribution in [3.8, 4) is 0 Å². The van der Waals surface area contributed by atoms with Gasteiger partial charge in [-0.25, -0.2) is 0 Å². The van der Waals surface area contributed by atoms with Gasteiger partial charge in [-0.1, -0.05) is 35.4 Å². The Hall–Kier alpha value is -1.08. The van der Waals surface area contributed by atoms with Crippen molar-refractivity contribution in [1.29, 1.82) is 0 Å². The van der Waals surface area contributed by atoms with Crippen molar-refractivity contribution in [1.82, 2.24) is 5.32 Å². The maximum absolute atomic E-state index is 3.25. The second-order valence-electron chi connectivity index (χ2n) is 4.26. The molecule has 0 spiro atoms. The van der Waals surface area contributed by atoms with Crippen molar-refractivity contribution < 1.29 is 0 Å². The lowest BCUT2D eigenvalue weighted by atomic mass is 10.0. The SMILES string of the molecule is CNC(C)/C(C)=C/c1ccc(C)cc1C. The van der Waals surface area contributed by atoms with E-state index in [9.17, 15) is 0 Å².